The van der Waals surface area contributed by atoms with E-state index >= 15 is 0 Å². The monoisotopic (exact) mass is 555 g/mol. The van der Waals surface area contributed by atoms with Gasteiger partial charge in [-0.25, -0.2) is 19.8 Å². The number of nitrogens with zero attached hydrogens (tertiary/aromatic N) is 3. The number of ether oxygens (including phenoxy) is 1. The van der Waals surface area contributed by atoms with Crippen molar-refractivity contribution in [2.45, 2.75) is 53.5 Å². The van der Waals surface area contributed by atoms with Gasteiger partial charge in [0.25, 0.3) is 11.8 Å². The molecule has 1 heterocycles. The predicted octanol–water partition coefficient (Wildman–Crippen LogP) is 6.68. The highest BCUT2D eigenvalue weighted by Crippen LogP contribution is 2.25. The molecule has 1 aromatic heterocycles. The molecule has 0 aliphatic rings. The fourth-order valence-electron chi connectivity index (χ4n) is 3.99. The Balaban J connectivity index is 2.05. The van der Waals surface area contributed by atoms with E-state index < -0.39 is 30.1 Å². The van der Waals surface area contributed by atoms with Crippen LogP contribution in [0.15, 0.2) is 54.6 Å². The summed E-state index contributed by atoms with van der Waals surface area (Å²) in [5.41, 5.74) is 2.54. The summed E-state index contributed by atoms with van der Waals surface area (Å²) in [4.78, 5) is 44.6. The number of hydrazine groups is 1. The maximum atomic E-state index is 13.9. The van der Waals surface area contributed by atoms with Crippen molar-refractivity contribution < 1.29 is 19.1 Å². The molecule has 0 radical (unpaired) electrons. The maximum absolute atomic E-state index is 13.9. The third-order valence-corrected chi connectivity index (χ3v) is 6.22. The minimum Gasteiger partial charge on any atom is -0.438 e. The van der Waals surface area contributed by atoms with E-state index in [-0.39, 0.29) is 15.9 Å². The van der Waals surface area contributed by atoms with E-state index in [0.29, 0.717) is 11.1 Å². The average Bonchev–Trinajstić information content (AvgIpc) is 2.85. The van der Waals surface area contributed by atoms with Crippen LogP contribution < -0.4 is 0 Å². The van der Waals surface area contributed by atoms with Gasteiger partial charge in [-0.1, -0.05) is 59.5 Å². The second-order valence-corrected chi connectivity index (χ2v) is 10.7. The number of aromatic nitrogens is 1. The summed E-state index contributed by atoms with van der Waals surface area (Å²) in [7, 11) is 0. The molecule has 3 aromatic rings. The molecule has 0 spiro atoms. The molecule has 0 unspecified atom stereocenters. The van der Waals surface area contributed by atoms with Crippen LogP contribution >= 0.6 is 23.2 Å². The van der Waals surface area contributed by atoms with Gasteiger partial charge in [0, 0.05) is 11.1 Å². The van der Waals surface area contributed by atoms with Gasteiger partial charge in [-0.15, -0.1) is 0 Å². The summed E-state index contributed by atoms with van der Waals surface area (Å²) < 4.78 is 5.49. The van der Waals surface area contributed by atoms with Crippen LogP contribution in [0, 0.1) is 13.8 Å². The number of esters is 1. The number of pyridine rings is 1. The van der Waals surface area contributed by atoms with E-state index in [2.05, 4.69) is 4.98 Å². The number of carbonyl (C=O) groups excluding carboxylic acids is 3. The topological polar surface area (TPSA) is 79.8 Å². The lowest BCUT2D eigenvalue weighted by Gasteiger charge is -2.43. The van der Waals surface area contributed by atoms with Gasteiger partial charge in [0.2, 0.25) is 0 Å². The van der Waals surface area contributed by atoms with Gasteiger partial charge in [0.15, 0.2) is 12.4 Å². The van der Waals surface area contributed by atoms with Crippen molar-refractivity contribution in [3.05, 3.63) is 98.3 Å². The fourth-order valence-corrected chi connectivity index (χ4v) is 4.32. The van der Waals surface area contributed by atoms with E-state index in [1.807, 2.05) is 39.0 Å². The molecule has 0 saturated heterocycles. The smallest absolute Gasteiger partial charge is 0.360 e. The van der Waals surface area contributed by atoms with Crippen LogP contribution in [0.4, 0.5) is 0 Å². The van der Waals surface area contributed by atoms with Gasteiger partial charge in [-0.3, -0.25) is 9.59 Å². The van der Waals surface area contributed by atoms with E-state index in [1.165, 1.54) is 17.1 Å². The second kappa shape index (κ2) is 12.0. The molecule has 0 fully saturated rings. The lowest BCUT2D eigenvalue weighted by atomic mass is 10.0. The molecular weight excluding hydrogens is 525 g/mol. The van der Waals surface area contributed by atoms with Crippen molar-refractivity contribution in [1.29, 1.82) is 0 Å². The zero-order valence-corrected chi connectivity index (χ0v) is 23.9. The second-order valence-electron chi connectivity index (χ2n) is 9.94. The van der Waals surface area contributed by atoms with E-state index in [9.17, 15) is 14.4 Å². The lowest BCUT2D eigenvalue weighted by molar-refractivity contribution is -0.0827. The quantitative estimate of drug-likeness (QED) is 0.147. The van der Waals surface area contributed by atoms with Crippen LogP contribution in [0.25, 0.3) is 0 Å². The van der Waals surface area contributed by atoms with Crippen molar-refractivity contribution in [1.82, 2.24) is 15.0 Å². The van der Waals surface area contributed by atoms with E-state index in [1.54, 1.807) is 45.0 Å². The molecule has 9 heteroatoms. The summed E-state index contributed by atoms with van der Waals surface area (Å²) in [6.45, 7) is 10.6. The third-order valence-electron chi connectivity index (χ3n) is 5.70. The number of benzene rings is 2. The highest BCUT2D eigenvalue weighted by atomic mass is 35.5. The molecule has 0 aliphatic carbocycles. The Morgan fingerprint density at radius 2 is 1.47 bits per heavy atom. The molecular formula is C29H31Cl2N3O4. The molecule has 0 saturated carbocycles. The van der Waals surface area contributed by atoms with Crippen molar-refractivity contribution in [2.24, 2.45) is 0 Å². The summed E-state index contributed by atoms with van der Waals surface area (Å²) in [6.07, 6.45) is 0.808. The fraction of sp³-hybridized carbons (Fsp3) is 0.310. The van der Waals surface area contributed by atoms with Crippen LogP contribution in [-0.2, 0) is 11.2 Å². The Hall–Kier alpha value is -3.42. The number of hydrogen-bond acceptors (Lipinski definition) is 5. The third kappa shape index (κ3) is 6.91. The van der Waals surface area contributed by atoms with Crippen molar-refractivity contribution >= 4 is 41.0 Å². The highest BCUT2D eigenvalue weighted by molar-refractivity contribution is 6.34. The van der Waals surface area contributed by atoms with Crippen LogP contribution in [0.1, 0.15) is 75.6 Å². The molecule has 0 atom stereocenters. The van der Waals surface area contributed by atoms with Crippen LogP contribution in [0.2, 0.25) is 10.2 Å². The Kier molecular flexibility index (Phi) is 9.18. The SMILES string of the molecule is CCc1ccc(C(=O)N(COC(=O)c2nc(Cl)ccc2Cl)N(C(=O)c2cc(C)cc(C)c2)C(C)(C)C)cc1. The average molecular weight is 556 g/mol. The van der Waals surface area contributed by atoms with Gasteiger partial charge < -0.3 is 4.74 Å². The normalized spacial score (nSPS) is 11.2. The number of carbonyl (C=O) groups is 3. The summed E-state index contributed by atoms with van der Waals surface area (Å²) in [5.74, 6) is -1.82. The maximum Gasteiger partial charge on any atom is 0.360 e. The minimum absolute atomic E-state index is 0.0476. The Morgan fingerprint density at radius 1 is 0.868 bits per heavy atom. The zero-order valence-electron chi connectivity index (χ0n) is 22.3. The molecule has 3 rings (SSSR count). The van der Waals surface area contributed by atoms with Gasteiger partial charge in [-0.2, -0.15) is 0 Å². The largest absolute Gasteiger partial charge is 0.438 e. The number of hydrogen-bond donors (Lipinski definition) is 0. The zero-order chi connectivity index (χ0) is 28.2. The molecule has 0 bridgehead atoms. The number of halogens is 2. The molecule has 7 nitrogen and oxygen atoms in total. The number of rotatable bonds is 6. The first-order chi connectivity index (χ1) is 17.8. The molecule has 2 amide bonds. The van der Waals surface area contributed by atoms with Crippen LogP contribution in [0.3, 0.4) is 0 Å². The van der Waals surface area contributed by atoms with E-state index in [0.717, 1.165) is 28.1 Å². The summed E-state index contributed by atoms with van der Waals surface area (Å²) >= 11 is 12.1. The summed E-state index contributed by atoms with van der Waals surface area (Å²) in [5, 5.41) is 2.56. The molecule has 0 N–H and O–H groups in total. The molecule has 38 heavy (non-hydrogen) atoms. The molecule has 200 valence electrons. The first kappa shape index (κ1) is 29.1. The van der Waals surface area contributed by atoms with Crippen molar-refractivity contribution in [3.8, 4) is 0 Å². The first-order valence-electron chi connectivity index (χ1n) is 12.1. The van der Waals surface area contributed by atoms with Gasteiger partial charge >= 0.3 is 5.97 Å². The standard InChI is InChI=1S/C29H31Cl2N3O4/c1-7-20-8-10-21(11-9-20)26(35)33(17-38-28(37)25-23(30)12-13-24(31)32-25)34(29(4,5)6)27(36)22-15-18(2)14-19(3)16-22/h8-16H,7,17H2,1-6H3. The minimum atomic E-state index is -0.885. The Bertz CT molecular complexity index is 1330. The van der Waals surface area contributed by atoms with Gasteiger partial charge in [-0.05, 0) is 83.0 Å². The van der Waals surface area contributed by atoms with Gasteiger partial charge in [0.05, 0.1) is 10.6 Å². The Morgan fingerprint density at radius 3 is 2.03 bits per heavy atom. The Labute approximate surface area is 233 Å². The molecule has 0 aliphatic heterocycles. The predicted molar refractivity (Wildman–Crippen MR) is 148 cm³/mol. The lowest BCUT2D eigenvalue weighted by Crippen LogP contribution is -2.59. The van der Waals surface area contributed by atoms with Gasteiger partial charge in [0.1, 0.15) is 5.15 Å². The van der Waals surface area contributed by atoms with E-state index in [4.69, 9.17) is 27.9 Å². The van der Waals surface area contributed by atoms with Crippen LogP contribution in [0.5, 0.6) is 0 Å². The molecule has 2 aromatic carbocycles. The highest BCUT2D eigenvalue weighted by Gasteiger charge is 2.37. The summed E-state index contributed by atoms with van der Waals surface area (Å²) in [6, 6.07) is 15.4. The number of aryl methyl sites for hydroxylation is 3. The van der Waals surface area contributed by atoms with Crippen molar-refractivity contribution in [2.75, 3.05) is 6.73 Å². The van der Waals surface area contributed by atoms with Crippen molar-refractivity contribution in [3.63, 3.8) is 0 Å². The first-order valence-corrected chi connectivity index (χ1v) is 12.9. The number of amides is 2. The van der Waals surface area contributed by atoms with Crippen LogP contribution in [-0.4, -0.2) is 45.1 Å².